The molecule has 6 heteroatoms. The number of nitrogens with two attached hydrogens (primary N) is 1. The Balaban J connectivity index is 1.86. The van der Waals surface area contributed by atoms with E-state index in [4.69, 9.17) is 15.2 Å². The Bertz CT molecular complexity index is 731. The second kappa shape index (κ2) is 5.29. The number of carbonyl (C=O) groups excluding carboxylic acids is 1. The average Bonchev–Trinajstić information content (AvgIpc) is 2.89. The Labute approximate surface area is 130 Å². The molecule has 0 fully saturated rings. The molecule has 0 saturated carbocycles. The first kappa shape index (κ1) is 13.8. The molecule has 2 aromatic carbocycles. The van der Waals surface area contributed by atoms with Gasteiger partial charge in [0.2, 0.25) is 6.79 Å². The Kier molecular flexibility index (Phi) is 3.47. The lowest BCUT2D eigenvalue weighted by Gasteiger charge is -2.10. The number of nitrogen functional groups attached to an aromatic ring is 1. The quantitative estimate of drug-likeness (QED) is 0.816. The molecule has 1 aliphatic heterocycles. The van der Waals surface area contributed by atoms with Crippen LogP contribution in [0.15, 0.2) is 34.8 Å². The van der Waals surface area contributed by atoms with Gasteiger partial charge in [-0.15, -0.1) is 0 Å². The van der Waals surface area contributed by atoms with Crippen LogP contribution < -0.4 is 20.5 Å². The number of fused-ring (bicyclic) bond motifs is 1. The second-order valence-corrected chi connectivity index (χ2v) is 5.57. The predicted molar refractivity (Wildman–Crippen MR) is 83.8 cm³/mol. The molecule has 0 unspecified atom stereocenters. The van der Waals surface area contributed by atoms with Gasteiger partial charge in [0.05, 0.1) is 11.4 Å². The van der Waals surface area contributed by atoms with Crippen molar-refractivity contribution in [1.29, 1.82) is 0 Å². The van der Waals surface area contributed by atoms with Gasteiger partial charge in [0.25, 0.3) is 5.91 Å². The summed E-state index contributed by atoms with van der Waals surface area (Å²) in [6.07, 6.45) is 0. The summed E-state index contributed by atoms with van der Waals surface area (Å²) in [5.74, 6) is 0.925. The minimum Gasteiger partial charge on any atom is -0.454 e. The molecule has 0 saturated heterocycles. The summed E-state index contributed by atoms with van der Waals surface area (Å²) in [6, 6.07) is 8.72. The molecule has 108 valence electrons. The number of hydrogen-bond acceptors (Lipinski definition) is 4. The van der Waals surface area contributed by atoms with Crippen molar-refractivity contribution in [3.8, 4) is 11.5 Å². The van der Waals surface area contributed by atoms with Gasteiger partial charge in [-0.2, -0.15) is 0 Å². The highest BCUT2D eigenvalue weighted by atomic mass is 79.9. The Morgan fingerprint density at radius 3 is 2.67 bits per heavy atom. The van der Waals surface area contributed by atoms with Crippen LogP contribution in [0.1, 0.15) is 15.9 Å². The molecule has 0 radical (unpaired) electrons. The van der Waals surface area contributed by atoms with Crippen LogP contribution in [0.2, 0.25) is 0 Å². The van der Waals surface area contributed by atoms with Crippen LogP contribution in [0.5, 0.6) is 11.5 Å². The zero-order valence-electron chi connectivity index (χ0n) is 11.3. The van der Waals surface area contributed by atoms with Crippen molar-refractivity contribution in [2.45, 2.75) is 6.92 Å². The van der Waals surface area contributed by atoms with Crippen LogP contribution in [0.3, 0.4) is 0 Å². The van der Waals surface area contributed by atoms with Crippen LogP contribution in [-0.4, -0.2) is 12.7 Å². The number of benzene rings is 2. The van der Waals surface area contributed by atoms with E-state index in [1.54, 1.807) is 24.3 Å². The van der Waals surface area contributed by atoms with E-state index >= 15 is 0 Å². The van der Waals surface area contributed by atoms with Crippen molar-refractivity contribution in [3.63, 3.8) is 0 Å². The molecule has 0 spiro atoms. The summed E-state index contributed by atoms with van der Waals surface area (Å²) in [7, 11) is 0. The number of aryl methyl sites for hydroxylation is 1. The molecule has 0 bridgehead atoms. The summed E-state index contributed by atoms with van der Waals surface area (Å²) in [5.41, 5.74) is 8.45. The Morgan fingerprint density at radius 1 is 1.24 bits per heavy atom. The Morgan fingerprint density at radius 2 is 1.95 bits per heavy atom. The van der Waals surface area contributed by atoms with E-state index in [2.05, 4.69) is 21.2 Å². The lowest BCUT2D eigenvalue weighted by molar-refractivity contribution is 0.102. The molecule has 21 heavy (non-hydrogen) atoms. The molecular weight excluding hydrogens is 336 g/mol. The van der Waals surface area contributed by atoms with Crippen LogP contribution in [0, 0.1) is 6.92 Å². The third kappa shape index (κ3) is 2.67. The fourth-order valence-corrected chi connectivity index (χ4v) is 2.37. The summed E-state index contributed by atoms with van der Waals surface area (Å²) < 4.78 is 11.4. The molecular formula is C15H13BrN2O3. The lowest BCUT2D eigenvalue weighted by Crippen LogP contribution is -2.13. The monoisotopic (exact) mass is 348 g/mol. The van der Waals surface area contributed by atoms with Crippen molar-refractivity contribution in [3.05, 3.63) is 45.9 Å². The van der Waals surface area contributed by atoms with Gasteiger partial charge in [0.1, 0.15) is 0 Å². The fourth-order valence-electron chi connectivity index (χ4n) is 1.99. The van der Waals surface area contributed by atoms with Crippen molar-refractivity contribution in [2.24, 2.45) is 0 Å². The first-order chi connectivity index (χ1) is 10.0. The smallest absolute Gasteiger partial charge is 0.255 e. The maximum Gasteiger partial charge on any atom is 0.255 e. The molecule has 5 nitrogen and oxygen atoms in total. The second-order valence-electron chi connectivity index (χ2n) is 4.71. The highest BCUT2D eigenvalue weighted by Gasteiger charge is 2.17. The molecule has 0 aromatic heterocycles. The van der Waals surface area contributed by atoms with Crippen LogP contribution >= 0.6 is 15.9 Å². The van der Waals surface area contributed by atoms with E-state index in [1.165, 1.54) is 0 Å². The van der Waals surface area contributed by atoms with E-state index < -0.39 is 0 Å². The number of carbonyl (C=O) groups is 1. The molecule has 2 aromatic rings. The topological polar surface area (TPSA) is 73.6 Å². The summed E-state index contributed by atoms with van der Waals surface area (Å²) in [6.45, 7) is 2.12. The first-order valence-corrected chi connectivity index (χ1v) is 7.10. The molecule has 1 heterocycles. The largest absolute Gasteiger partial charge is 0.454 e. The predicted octanol–water partition coefficient (Wildman–Crippen LogP) is 3.32. The van der Waals surface area contributed by atoms with Gasteiger partial charge in [-0.3, -0.25) is 4.79 Å². The van der Waals surface area contributed by atoms with Crippen molar-refractivity contribution in [2.75, 3.05) is 17.8 Å². The van der Waals surface area contributed by atoms with Crippen LogP contribution in [0.25, 0.3) is 0 Å². The standard InChI is InChI=1S/C15H13BrN2O3/c1-8-2-3-9(4-10(8)16)15(19)18-12-6-14-13(5-11(12)17)20-7-21-14/h2-6H,7,17H2,1H3,(H,18,19). The molecule has 1 aliphatic rings. The zero-order chi connectivity index (χ0) is 15.0. The summed E-state index contributed by atoms with van der Waals surface area (Å²) >= 11 is 3.41. The van der Waals surface area contributed by atoms with Crippen molar-refractivity contribution < 1.29 is 14.3 Å². The summed E-state index contributed by atoms with van der Waals surface area (Å²) in [4.78, 5) is 12.3. The maximum atomic E-state index is 12.3. The van der Waals surface area contributed by atoms with Crippen molar-refractivity contribution >= 4 is 33.2 Å². The maximum absolute atomic E-state index is 12.3. The first-order valence-electron chi connectivity index (χ1n) is 6.31. The van der Waals surface area contributed by atoms with Gasteiger partial charge in [0.15, 0.2) is 11.5 Å². The van der Waals surface area contributed by atoms with Crippen LogP contribution in [0.4, 0.5) is 11.4 Å². The number of ether oxygens (including phenoxy) is 2. The van der Waals surface area contributed by atoms with Crippen molar-refractivity contribution in [1.82, 2.24) is 0 Å². The minimum atomic E-state index is -0.235. The van der Waals surface area contributed by atoms with E-state index in [0.29, 0.717) is 28.4 Å². The highest BCUT2D eigenvalue weighted by Crippen LogP contribution is 2.38. The lowest BCUT2D eigenvalue weighted by atomic mass is 10.1. The van der Waals surface area contributed by atoms with Gasteiger partial charge in [-0.25, -0.2) is 0 Å². The molecule has 0 atom stereocenters. The number of nitrogens with one attached hydrogen (secondary N) is 1. The number of hydrogen-bond donors (Lipinski definition) is 2. The third-order valence-corrected chi connectivity index (χ3v) is 4.08. The number of anilines is 2. The third-order valence-electron chi connectivity index (χ3n) is 3.23. The van der Waals surface area contributed by atoms with E-state index in [9.17, 15) is 4.79 Å². The molecule has 0 aliphatic carbocycles. The molecule has 3 rings (SSSR count). The SMILES string of the molecule is Cc1ccc(C(=O)Nc2cc3c(cc2N)OCO3)cc1Br. The van der Waals surface area contributed by atoms with Gasteiger partial charge >= 0.3 is 0 Å². The minimum absolute atomic E-state index is 0.164. The average molecular weight is 349 g/mol. The highest BCUT2D eigenvalue weighted by molar-refractivity contribution is 9.10. The zero-order valence-corrected chi connectivity index (χ0v) is 12.9. The van der Waals surface area contributed by atoms with E-state index in [0.717, 1.165) is 10.0 Å². The van der Waals surface area contributed by atoms with Gasteiger partial charge in [-0.05, 0) is 24.6 Å². The number of amides is 1. The number of rotatable bonds is 2. The van der Waals surface area contributed by atoms with Crippen LogP contribution in [-0.2, 0) is 0 Å². The normalized spacial score (nSPS) is 12.3. The molecule has 3 N–H and O–H groups in total. The Hall–Kier alpha value is -2.21. The van der Waals surface area contributed by atoms with Gasteiger partial charge in [0, 0.05) is 22.2 Å². The fraction of sp³-hybridized carbons (Fsp3) is 0.133. The van der Waals surface area contributed by atoms with E-state index in [-0.39, 0.29) is 12.7 Å². The van der Waals surface area contributed by atoms with E-state index in [1.807, 2.05) is 13.0 Å². The molecule has 1 amide bonds. The van der Waals surface area contributed by atoms with Gasteiger partial charge < -0.3 is 20.5 Å². The summed E-state index contributed by atoms with van der Waals surface area (Å²) in [5, 5.41) is 2.78. The number of halogens is 1. The van der Waals surface area contributed by atoms with Gasteiger partial charge in [-0.1, -0.05) is 22.0 Å².